The Morgan fingerprint density at radius 3 is 2.35 bits per heavy atom. The summed E-state index contributed by atoms with van der Waals surface area (Å²) in [5.74, 6) is 0.529. The molecule has 1 saturated carbocycles. The number of halogens is 3. The van der Waals surface area contributed by atoms with Gasteiger partial charge >= 0.3 is 0 Å². The van der Waals surface area contributed by atoms with E-state index in [1.54, 1.807) is 6.07 Å². The second-order valence-electron chi connectivity index (χ2n) is 4.39. The molecule has 5 heteroatoms. The van der Waals surface area contributed by atoms with E-state index in [-0.39, 0.29) is 24.2 Å². The van der Waals surface area contributed by atoms with Crippen LogP contribution in [0.15, 0.2) is 12.1 Å². The minimum absolute atomic E-state index is 0. The molecule has 0 bridgehead atoms. The molecule has 1 aliphatic rings. The van der Waals surface area contributed by atoms with Gasteiger partial charge in [-0.1, -0.05) is 36.0 Å². The van der Waals surface area contributed by atoms with E-state index in [1.807, 2.05) is 0 Å². The number of phenols is 1. The largest absolute Gasteiger partial charge is 0.508 e. The third kappa shape index (κ3) is 3.19. The summed E-state index contributed by atoms with van der Waals surface area (Å²) < 4.78 is 0. The van der Waals surface area contributed by atoms with Crippen molar-refractivity contribution in [3.63, 3.8) is 0 Å². The van der Waals surface area contributed by atoms with Crippen LogP contribution in [-0.4, -0.2) is 5.11 Å². The van der Waals surface area contributed by atoms with Crippen LogP contribution in [0.3, 0.4) is 0 Å². The number of rotatable bonds is 2. The minimum atomic E-state index is -0.188. The molecule has 1 aliphatic carbocycles. The Labute approximate surface area is 118 Å². The SMILES string of the molecule is Cl.N[C@@H](c1c(O)cc(Cl)cc1Cl)C1CCCC1. The molecule has 0 spiro atoms. The first-order chi connectivity index (χ1) is 7.59. The van der Waals surface area contributed by atoms with E-state index in [4.69, 9.17) is 28.9 Å². The fourth-order valence-corrected chi connectivity index (χ4v) is 3.06. The van der Waals surface area contributed by atoms with Gasteiger partial charge in [0.1, 0.15) is 5.75 Å². The highest BCUT2D eigenvalue weighted by Crippen LogP contribution is 2.41. The van der Waals surface area contributed by atoms with Crippen molar-refractivity contribution >= 4 is 35.6 Å². The van der Waals surface area contributed by atoms with Crippen LogP contribution in [0.2, 0.25) is 10.0 Å². The molecule has 0 unspecified atom stereocenters. The van der Waals surface area contributed by atoms with Gasteiger partial charge in [-0.3, -0.25) is 0 Å². The number of benzene rings is 1. The van der Waals surface area contributed by atoms with E-state index in [0.717, 1.165) is 12.8 Å². The lowest BCUT2D eigenvalue weighted by Crippen LogP contribution is -2.19. The van der Waals surface area contributed by atoms with Crippen LogP contribution in [0.25, 0.3) is 0 Å². The normalized spacial score (nSPS) is 17.8. The molecule has 96 valence electrons. The zero-order chi connectivity index (χ0) is 11.7. The standard InChI is InChI=1S/C12H15Cl2NO.ClH/c13-8-5-9(14)11(10(16)6-8)12(15)7-3-1-2-4-7;/h5-7,12,16H,1-4,15H2;1H/t12-;/m1./s1. The van der Waals surface area contributed by atoms with E-state index in [0.29, 0.717) is 21.5 Å². The highest BCUT2D eigenvalue weighted by Gasteiger charge is 2.27. The smallest absolute Gasteiger partial charge is 0.123 e. The molecule has 0 radical (unpaired) electrons. The molecule has 1 fully saturated rings. The molecule has 0 saturated heterocycles. The summed E-state index contributed by atoms with van der Waals surface area (Å²) in [4.78, 5) is 0. The van der Waals surface area contributed by atoms with E-state index in [2.05, 4.69) is 0 Å². The predicted molar refractivity (Wildman–Crippen MR) is 74.3 cm³/mol. The molecule has 3 N–H and O–H groups in total. The Kier molecular flexibility index (Phi) is 5.39. The molecule has 17 heavy (non-hydrogen) atoms. The number of phenolic OH excluding ortho intramolecular Hbond substituents is 1. The van der Waals surface area contributed by atoms with Crippen molar-refractivity contribution in [1.29, 1.82) is 0 Å². The fraction of sp³-hybridized carbons (Fsp3) is 0.500. The Balaban J connectivity index is 0.00000144. The number of hydrogen-bond donors (Lipinski definition) is 2. The van der Waals surface area contributed by atoms with E-state index < -0.39 is 0 Å². The van der Waals surface area contributed by atoms with Crippen molar-refractivity contribution in [2.24, 2.45) is 11.7 Å². The van der Waals surface area contributed by atoms with Crippen LogP contribution in [0.1, 0.15) is 37.3 Å². The van der Waals surface area contributed by atoms with Crippen molar-refractivity contribution in [2.75, 3.05) is 0 Å². The maximum Gasteiger partial charge on any atom is 0.123 e. The second-order valence-corrected chi connectivity index (χ2v) is 5.23. The Hall–Kier alpha value is -0.150. The minimum Gasteiger partial charge on any atom is -0.508 e. The third-order valence-corrected chi connectivity index (χ3v) is 3.84. The summed E-state index contributed by atoms with van der Waals surface area (Å²) >= 11 is 11.9. The molecule has 1 aromatic rings. The van der Waals surface area contributed by atoms with Crippen molar-refractivity contribution in [1.82, 2.24) is 0 Å². The van der Waals surface area contributed by atoms with Gasteiger partial charge in [-0.15, -0.1) is 12.4 Å². The van der Waals surface area contributed by atoms with Gasteiger partial charge < -0.3 is 10.8 Å². The van der Waals surface area contributed by atoms with Gasteiger partial charge in [0.15, 0.2) is 0 Å². The molecular formula is C12H16Cl3NO. The zero-order valence-corrected chi connectivity index (χ0v) is 11.7. The quantitative estimate of drug-likeness (QED) is 0.854. The summed E-state index contributed by atoms with van der Waals surface area (Å²) in [5, 5.41) is 10.8. The van der Waals surface area contributed by atoms with Crippen LogP contribution < -0.4 is 5.73 Å². The molecular weight excluding hydrogens is 280 g/mol. The van der Waals surface area contributed by atoms with Gasteiger partial charge in [-0.05, 0) is 30.9 Å². The highest BCUT2D eigenvalue weighted by molar-refractivity contribution is 6.35. The molecule has 2 nitrogen and oxygen atoms in total. The average molecular weight is 297 g/mol. The maximum absolute atomic E-state index is 9.85. The fourth-order valence-electron chi connectivity index (χ4n) is 2.45. The van der Waals surface area contributed by atoms with Crippen molar-refractivity contribution in [3.05, 3.63) is 27.7 Å². The van der Waals surface area contributed by atoms with E-state index in [9.17, 15) is 5.11 Å². The molecule has 0 amide bonds. The molecule has 0 heterocycles. The zero-order valence-electron chi connectivity index (χ0n) is 9.33. The Morgan fingerprint density at radius 1 is 1.24 bits per heavy atom. The van der Waals surface area contributed by atoms with Crippen LogP contribution in [-0.2, 0) is 0 Å². The van der Waals surface area contributed by atoms with Gasteiger partial charge in [0, 0.05) is 16.6 Å². The third-order valence-electron chi connectivity index (χ3n) is 3.31. The topological polar surface area (TPSA) is 46.2 Å². The first-order valence-corrected chi connectivity index (χ1v) is 6.28. The van der Waals surface area contributed by atoms with Crippen molar-refractivity contribution in [3.8, 4) is 5.75 Å². The molecule has 0 aromatic heterocycles. The predicted octanol–water partition coefficient (Wildman–Crippen LogP) is 4.31. The Morgan fingerprint density at radius 2 is 1.82 bits per heavy atom. The maximum atomic E-state index is 9.85. The van der Waals surface area contributed by atoms with Gasteiger partial charge in [0.05, 0.1) is 5.02 Å². The van der Waals surface area contributed by atoms with Gasteiger partial charge in [0.25, 0.3) is 0 Å². The van der Waals surface area contributed by atoms with Crippen molar-refractivity contribution in [2.45, 2.75) is 31.7 Å². The molecule has 2 rings (SSSR count). The van der Waals surface area contributed by atoms with Gasteiger partial charge in [-0.25, -0.2) is 0 Å². The van der Waals surface area contributed by atoms with Gasteiger partial charge in [0.2, 0.25) is 0 Å². The van der Waals surface area contributed by atoms with Gasteiger partial charge in [-0.2, -0.15) is 0 Å². The number of hydrogen-bond acceptors (Lipinski definition) is 2. The van der Waals surface area contributed by atoms with Crippen LogP contribution in [0.5, 0.6) is 5.75 Å². The molecule has 0 aliphatic heterocycles. The number of nitrogens with two attached hydrogens (primary N) is 1. The summed E-state index contributed by atoms with van der Waals surface area (Å²) in [7, 11) is 0. The summed E-state index contributed by atoms with van der Waals surface area (Å²) in [6.45, 7) is 0. The monoisotopic (exact) mass is 295 g/mol. The summed E-state index contributed by atoms with van der Waals surface area (Å²) in [6.07, 6.45) is 4.65. The average Bonchev–Trinajstić information content (AvgIpc) is 2.67. The lowest BCUT2D eigenvalue weighted by Gasteiger charge is -2.21. The summed E-state index contributed by atoms with van der Waals surface area (Å²) in [5.41, 5.74) is 6.80. The van der Waals surface area contributed by atoms with Crippen LogP contribution >= 0.6 is 35.6 Å². The molecule has 1 atom stereocenters. The molecule has 1 aromatic carbocycles. The van der Waals surface area contributed by atoms with Crippen LogP contribution in [0, 0.1) is 5.92 Å². The highest BCUT2D eigenvalue weighted by atomic mass is 35.5. The second kappa shape index (κ2) is 6.14. The summed E-state index contributed by atoms with van der Waals surface area (Å²) in [6, 6.07) is 2.94. The number of aromatic hydroxyl groups is 1. The van der Waals surface area contributed by atoms with E-state index >= 15 is 0 Å². The Bertz CT molecular complexity index is 368. The lowest BCUT2D eigenvalue weighted by molar-refractivity contribution is 0.412. The van der Waals surface area contributed by atoms with E-state index in [1.165, 1.54) is 18.9 Å². The lowest BCUT2D eigenvalue weighted by atomic mass is 9.92. The van der Waals surface area contributed by atoms with Crippen LogP contribution in [0.4, 0.5) is 0 Å². The first kappa shape index (κ1) is 14.9. The first-order valence-electron chi connectivity index (χ1n) is 5.53. The van der Waals surface area contributed by atoms with Crippen molar-refractivity contribution < 1.29 is 5.11 Å².